The quantitative estimate of drug-likeness (QED) is 0.931. The average Bonchev–Trinajstić information content (AvgIpc) is 2.83. The second kappa shape index (κ2) is 6.37. The van der Waals surface area contributed by atoms with Crippen LogP contribution < -0.4 is 14.8 Å². The predicted molar refractivity (Wildman–Crippen MR) is 88.4 cm³/mol. The van der Waals surface area contributed by atoms with Crippen LogP contribution in [-0.2, 0) is 10.3 Å². The van der Waals surface area contributed by atoms with Crippen molar-refractivity contribution in [2.75, 3.05) is 26.4 Å². The molecule has 0 aromatic heterocycles. The minimum absolute atomic E-state index is 0.240. The molecule has 2 aliphatic rings. The van der Waals surface area contributed by atoms with Gasteiger partial charge in [0.25, 0.3) is 5.91 Å². The van der Waals surface area contributed by atoms with Crippen molar-refractivity contribution in [1.29, 1.82) is 0 Å². The van der Waals surface area contributed by atoms with Crippen molar-refractivity contribution in [3.05, 3.63) is 59.4 Å². The number of halogens is 1. The Kier molecular flexibility index (Phi) is 4.05. The third-order valence-corrected chi connectivity index (χ3v) is 4.45. The van der Waals surface area contributed by atoms with Crippen molar-refractivity contribution in [3.63, 3.8) is 0 Å². The van der Waals surface area contributed by atoms with E-state index in [0.29, 0.717) is 35.8 Å². The molecule has 2 aromatic rings. The van der Waals surface area contributed by atoms with E-state index in [2.05, 4.69) is 5.32 Å². The number of hydrogen-bond acceptors (Lipinski definition) is 4. The normalized spacial score (nSPS) is 18.0. The molecule has 1 fully saturated rings. The first-order valence-corrected chi connectivity index (χ1v) is 8.23. The summed E-state index contributed by atoms with van der Waals surface area (Å²) in [7, 11) is 0. The van der Waals surface area contributed by atoms with E-state index in [1.165, 1.54) is 6.07 Å². The van der Waals surface area contributed by atoms with Crippen molar-refractivity contribution < 1.29 is 23.4 Å². The molecule has 1 N–H and O–H groups in total. The summed E-state index contributed by atoms with van der Waals surface area (Å²) < 4.78 is 30.6. The van der Waals surface area contributed by atoms with Gasteiger partial charge in [-0.1, -0.05) is 18.2 Å². The van der Waals surface area contributed by atoms with E-state index in [4.69, 9.17) is 14.2 Å². The van der Waals surface area contributed by atoms with Crippen molar-refractivity contribution in [2.45, 2.75) is 12.0 Å². The number of fused-ring (bicyclic) bond motifs is 1. The van der Waals surface area contributed by atoms with Crippen LogP contribution in [-0.4, -0.2) is 32.3 Å². The molecule has 2 aromatic carbocycles. The number of hydrogen-bond donors (Lipinski definition) is 1. The van der Waals surface area contributed by atoms with Gasteiger partial charge < -0.3 is 19.5 Å². The van der Waals surface area contributed by atoms with Gasteiger partial charge in [-0.05, 0) is 24.3 Å². The predicted octanol–water partition coefficient (Wildman–Crippen LogP) is 2.64. The van der Waals surface area contributed by atoms with Gasteiger partial charge in [-0.15, -0.1) is 0 Å². The smallest absolute Gasteiger partial charge is 0.252 e. The maximum absolute atomic E-state index is 14.2. The Bertz CT molecular complexity index is 804. The summed E-state index contributed by atoms with van der Waals surface area (Å²) in [5.41, 5.74) is 0.0304. The monoisotopic (exact) mass is 343 g/mol. The van der Waals surface area contributed by atoms with Crippen LogP contribution in [0.1, 0.15) is 22.3 Å². The molecule has 0 atom stereocenters. The topological polar surface area (TPSA) is 56.8 Å². The summed E-state index contributed by atoms with van der Waals surface area (Å²) in [5.74, 6) is 0.520. The zero-order valence-electron chi connectivity index (χ0n) is 13.6. The van der Waals surface area contributed by atoms with Gasteiger partial charge in [0.2, 0.25) is 0 Å². The van der Waals surface area contributed by atoms with E-state index in [9.17, 15) is 9.18 Å². The average molecular weight is 343 g/mol. The van der Waals surface area contributed by atoms with E-state index < -0.39 is 5.54 Å². The van der Waals surface area contributed by atoms with Gasteiger partial charge >= 0.3 is 0 Å². The molecule has 5 nitrogen and oxygen atoms in total. The number of benzene rings is 2. The number of rotatable bonds is 3. The van der Waals surface area contributed by atoms with Crippen LogP contribution in [0.25, 0.3) is 0 Å². The number of nitrogens with one attached hydrogen (secondary N) is 1. The van der Waals surface area contributed by atoms with Gasteiger partial charge in [-0.3, -0.25) is 4.79 Å². The third-order valence-electron chi connectivity index (χ3n) is 4.45. The largest absolute Gasteiger partial charge is 0.490 e. The third kappa shape index (κ3) is 2.93. The molecule has 0 unspecified atom stereocenters. The van der Waals surface area contributed by atoms with Gasteiger partial charge in [0.15, 0.2) is 11.5 Å². The Hall–Kier alpha value is -2.60. The molecule has 4 rings (SSSR count). The van der Waals surface area contributed by atoms with Crippen molar-refractivity contribution in [3.8, 4) is 11.5 Å². The molecule has 2 heterocycles. The highest BCUT2D eigenvalue weighted by atomic mass is 19.1. The molecule has 0 bridgehead atoms. The Morgan fingerprint density at radius 1 is 1.04 bits per heavy atom. The molecule has 130 valence electrons. The van der Waals surface area contributed by atoms with Gasteiger partial charge in [0.1, 0.15) is 11.4 Å². The molecule has 6 heteroatoms. The highest BCUT2D eigenvalue weighted by Crippen LogP contribution is 2.33. The Balaban J connectivity index is 1.59. The molecule has 25 heavy (non-hydrogen) atoms. The lowest BCUT2D eigenvalue weighted by Crippen LogP contribution is -2.59. The van der Waals surface area contributed by atoms with Crippen LogP contribution in [0, 0.1) is 5.82 Å². The molecule has 0 aliphatic carbocycles. The summed E-state index contributed by atoms with van der Waals surface area (Å²) in [6.07, 6.45) is 0.796. The first-order chi connectivity index (χ1) is 12.2. The standard InChI is InChI=1S/C19H18FNO4/c20-15-5-2-1-4-14(15)19(11-23-12-19)21-18(22)13-6-7-16-17(10-13)25-9-3-8-24-16/h1-2,4-7,10H,3,8-9,11-12H2,(H,21,22). The highest BCUT2D eigenvalue weighted by Gasteiger charge is 2.43. The fourth-order valence-corrected chi connectivity index (χ4v) is 3.04. The Labute approximate surface area is 144 Å². The van der Waals surface area contributed by atoms with Crippen molar-refractivity contribution >= 4 is 5.91 Å². The minimum atomic E-state index is -0.841. The van der Waals surface area contributed by atoms with Crippen LogP contribution in [0.3, 0.4) is 0 Å². The zero-order valence-corrected chi connectivity index (χ0v) is 13.6. The molecular formula is C19H18FNO4. The molecule has 2 aliphatic heterocycles. The number of carbonyl (C=O) groups excluding carboxylic acids is 1. The molecule has 0 saturated carbocycles. The van der Waals surface area contributed by atoms with Gasteiger partial charge in [-0.25, -0.2) is 4.39 Å². The first kappa shape index (κ1) is 15.9. The lowest BCUT2D eigenvalue weighted by molar-refractivity contribution is -0.0749. The molecule has 1 amide bonds. The summed E-state index contributed by atoms with van der Waals surface area (Å²) in [5, 5.41) is 2.93. The van der Waals surface area contributed by atoms with Gasteiger partial charge in [-0.2, -0.15) is 0 Å². The van der Waals surface area contributed by atoms with Crippen molar-refractivity contribution in [2.24, 2.45) is 0 Å². The van der Waals surface area contributed by atoms with Crippen LogP contribution in [0.15, 0.2) is 42.5 Å². The minimum Gasteiger partial charge on any atom is -0.490 e. The second-order valence-corrected chi connectivity index (χ2v) is 6.22. The van der Waals surface area contributed by atoms with Crippen LogP contribution in [0.5, 0.6) is 11.5 Å². The zero-order chi connectivity index (χ0) is 17.3. The maximum Gasteiger partial charge on any atom is 0.252 e. The number of amides is 1. The van der Waals surface area contributed by atoms with E-state index in [-0.39, 0.29) is 24.9 Å². The molecular weight excluding hydrogens is 325 g/mol. The second-order valence-electron chi connectivity index (χ2n) is 6.22. The SMILES string of the molecule is O=C(NC1(c2ccccc2F)COC1)c1ccc2c(c1)OCCCO2. The fraction of sp³-hybridized carbons (Fsp3) is 0.316. The summed E-state index contributed by atoms with van der Waals surface area (Å²) in [4.78, 5) is 12.7. The summed E-state index contributed by atoms with van der Waals surface area (Å²) in [6.45, 7) is 1.62. The lowest BCUT2D eigenvalue weighted by Gasteiger charge is -2.42. The fourth-order valence-electron chi connectivity index (χ4n) is 3.04. The number of ether oxygens (including phenoxy) is 3. The molecule has 0 radical (unpaired) electrons. The molecule has 1 saturated heterocycles. The van der Waals surface area contributed by atoms with E-state index in [1.54, 1.807) is 36.4 Å². The van der Waals surface area contributed by atoms with Gasteiger partial charge in [0, 0.05) is 17.5 Å². The number of carbonyl (C=O) groups is 1. The molecule has 0 spiro atoms. The maximum atomic E-state index is 14.2. The first-order valence-electron chi connectivity index (χ1n) is 8.23. The van der Waals surface area contributed by atoms with E-state index in [1.807, 2.05) is 0 Å². The van der Waals surface area contributed by atoms with Crippen LogP contribution in [0.2, 0.25) is 0 Å². The van der Waals surface area contributed by atoms with Crippen LogP contribution in [0.4, 0.5) is 4.39 Å². The van der Waals surface area contributed by atoms with E-state index in [0.717, 1.165) is 6.42 Å². The highest BCUT2D eigenvalue weighted by molar-refractivity contribution is 5.95. The van der Waals surface area contributed by atoms with Gasteiger partial charge in [0.05, 0.1) is 26.4 Å². The summed E-state index contributed by atoms with van der Waals surface area (Å²) >= 11 is 0. The lowest BCUT2D eigenvalue weighted by atomic mass is 9.87. The van der Waals surface area contributed by atoms with Crippen molar-refractivity contribution in [1.82, 2.24) is 5.32 Å². The van der Waals surface area contributed by atoms with Crippen LogP contribution >= 0.6 is 0 Å². The summed E-state index contributed by atoms with van der Waals surface area (Å²) in [6, 6.07) is 11.5. The Morgan fingerprint density at radius 3 is 2.52 bits per heavy atom. The Morgan fingerprint density at radius 2 is 1.80 bits per heavy atom. The van der Waals surface area contributed by atoms with E-state index >= 15 is 0 Å².